The minimum absolute atomic E-state index is 0.0233. The van der Waals surface area contributed by atoms with Crippen molar-refractivity contribution < 1.29 is 13.2 Å². The molecule has 0 radical (unpaired) electrons. The molecule has 0 spiro atoms. The van der Waals surface area contributed by atoms with E-state index < -0.39 is 15.9 Å². The van der Waals surface area contributed by atoms with E-state index in [1.807, 2.05) is 0 Å². The Kier molecular flexibility index (Phi) is 4.73. The van der Waals surface area contributed by atoms with Crippen molar-refractivity contribution >= 4 is 15.9 Å². The van der Waals surface area contributed by atoms with Crippen molar-refractivity contribution in [3.63, 3.8) is 0 Å². The maximum atomic E-state index is 12.5. The third kappa shape index (κ3) is 3.75. The molecule has 2 aliphatic rings. The summed E-state index contributed by atoms with van der Waals surface area (Å²) in [7, 11) is -3.54. The van der Waals surface area contributed by atoms with Crippen LogP contribution in [0.1, 0.15) is 55.3 Å². The molecule has 0 heterocycles. The summed E-state index contributed by atoms with van der Waals surface area (Å²) in [4.78, 5) is 11.3. The first-order chi connectivity index (χ1) is 11.0. The molecule has 126 valence electrons. The van der Waals surface area contributed by atoms with Crippen LogP contribution in [0.4, 0.5) is 0 Å². The predicted molar refractivity (Wildman–Crippen MR) is 88.4 cm³/mol. The summed E-state index contributed by atoms with van der Waals surface area (Å²) in [5.74, 6) is 0.902. The second kappa shape index (κ2) is 6.61. The van der Waals surface area contributed by atoms with Gasteiger partial charge in [0.1, 0.15) is 0 Å². The molecule has 2 saturated carbocycles. The van der Waals surface area contributed by atoms with Crippen molar-refractivity contribution in [1.29, 1.82) is 0 Å². The van der Waals surface area contributed by atoms with Gasteiger partial charge in [-0.25, -0.2) is 13.1 Å². The lowest BCUT2D eigenvalue weighted by Crippen LogP contribution is -2.41. The molecule has 3 rings (SSSR count). The van der Waals surface area contributed by atoms with Crippen LogP contribution in [-0.2, 0) is 10.0 Å². The van der Waals surface area contributed by atoms with Gasteiger partial charge in [0.25, 0.3) is 0 Å². The van der Waals surface area contributed by atoms with Gasteiger partial charge >= 0.3 is 0 Å². The number of hydrogen-bond donors (Lipinski definition) is 2. The molecule has 0 unspecified atom stereocenters. The number of amides is 1. The quantitative estimate of drug-likeness (QED) is 0.885. The van der Waals surface area contributed by atoms with Crippen LogP contribution in [-0.4, -0.2) is 20.4 Å². The smallest absolute Gasteiger partial charge is 0.248 e. The highest BCUT2D eigenvalue weighted by molar-refractivity contribution is 7.89. The molecule has 0 bridgehead atoms. The molecule has 2 aliphatic carbocycles. The van der Waals surface area contributed by atoms with Crippen molar-refractivity contribution in [2.75, 3.05) is 0 Å². The van der Waals surface area contributed by atoms with E-state index in [-0.39, 0.29) is 10.9 Å². The van der Waals surface area contributed by atoms with Gasteiger partial charge in [-0.2, -0.15) is 0 Å². The third-order valence-electron chi connectivity index (χ3n) is 5.31. The Bertz CT molecular complexity index is 670. The van der Waals surface area contributed by atoms with Gasteiger partial charge < -0.3 is 5.73 Å². The first-order valence-corrected chi connectivity index (χ1v) is 9.86. The summed E-state index contributed by atoms with van der Waals surface area (Å²) in [6, 6.07) is 5.81. The average Bonchev–Trinajstić information content (AvgIpc) is 2.54. The highest BCUT2D eigenvalue weighted by Gasteiger charge is 2.33. The Balaban J connectivity index is 1.67. The number of benzene rings is 1. The third-order valence-corrected chi connectivity index (χ3v) is 6.85. The number of rotatable bonds is 4. The van der Waals surface area contributed by atoms with Crippen molar-refractivity contribution in [2.45, 2.75) is 55.9 Å². The monoisotopic (exact) mass is 336 g/mol. The second-order valence-corrected chi connectivity index (χ2v) is 8.54. The summed E-state index contributed by atoms with van der Waals surface area (Å²) in [6.45, 7) is 0. The van der Waals surface area contributed by atoms with Crippen LogP contribution < -0.4 is 10.5 Å². The molecule has 3 N–H and O–H groups in total. The Morgan fingerprint density at radius 3 is 2.30 bits per heavy atom. The Morgan fingerprint density at radius 2 is 1.65 bits per heavy atom. The van der Waals surface area contributed by atoms with E-state index in [0.717, 1.165) is 25.2 Å². The largest absolute Gasteiger partial charge is 0.366 e. The first-order valence-electron chi connectivity index (χ1n) is 8.38. The van der Waals surface area contributed by atoms with Crippen LogP contribution in [0.3, 0.4) is 0 Å². The number of nitrogens with two attached hydrogens (primary N) is 1. The van der Waals surface area contributed by atoms with Gasteiger partial charge in [0, 0.05) is 11.6 Å². The van der Waals surface area contributed by atoms with E-state index in [9.17, 15) is 13.2 Å². The number of sulfonamides is 1. The molecule has 1 aromatic rings. The molecule has 23 heavy (non-hydrogen) atoms. The van der Waals surface area contributed by atoms with Crippen LogP contribution in [0.2, 0.25) is 0 Å². The normalized spacial score (nSPS) is 28.1. The van der Waals surface area contributed by atoms with Crippen molar-refractivity contribution in [1.82, 2.24) is 4.72 Å². The summed E-state index contributed by atoms with van der Waals surface area (Å²) >= 11 is 0. The fourth-order valence-electron chi connectivity index (χ4n) is 4.07. The fourth-order valence-corrected chi connectivity index (χ4v) is 5.35. The average molecular weight is 336 g/mol. The highest BCUT2D eigenvalue weighted by atomic mass is 32.2. The topological polar surface area (TPSA) is 89.3 Å². The highest BCUT2D eigenvalue weighted by Crippen LogP contribution is 2.40. The van der Waals surface area contributed by atoms with E-state index in [1.165, 1.54) is 49.9 Å². The number of hydrogen-bond acceptors (Lipinski definition) is 3. The number of nitrogens with one attached hydrogen (secondary N) is 1. The lowest BCUT2D eigenvalue weighted by Gasteiger charge is -2.39. The molecule has 3 atom stereocenters. The summed E-state index contributed by atoms with van der Waals surface area (Å²) in [6.07, 6.45) is 8.12. The van der Waals surface area contributed by atoms with E-state index >= 15 is 0 Å². The van der Waals surface area contributed by atoms with Crippen LogP contribution in [0.15, 0.2) is 29.2 Å². The number of carbonyl (C=O) groups is 1. The lowest BCUT2D eigenvalue weighted by atomic mass is 9.70. The minimum atomic E-state index is -3.54. The van der Waals surface area contributed by atoms with Crippen LogP contribution in [0, 0.1) is 11.8 Å². The van der Waals surface area contributed by atoms with Gasteiger partial charge in [-0.3, -0.25) is 4.79 Å². The molecule has 5 nitrogen and oxygen atoms in total. The molecule has 0 aliphatic heterocycles. The lowest BCUT2D eigenvalue weighted by molar-refractivity contribution is 0.1000. The van der Waals surface area contributed by atoms with Crippen molar-refractivity contribution in [2.24, 2.45) is 17.6 Å². The van der Waals surface area contributed by atoms with Gasteiger partial charge in [0.15, 0.2) is 0 Å². The Morgan fingerprint density at radius 1 is 1.00 bits per heavy atom. The summed E-state index contributed by atoms with van der Waals surface area (Å²) < 4.78 is 27.9. The maximum absolute atomic E-state index is 12.5. The molecule has 6 heteroatoms. The van der Waals surface area contributed by atoms with Gasteiger partial charge in [-0.05, 0) is 55.4 Å². The number of carbonyl (C=O) groups excluding carboxylic acids is 1. The molecule has 2 fully saturated rings. The Labute approximate surface area is 137 Å². The van der Waals surface area contributed by atoms with Crippen LogP contribution in [0.25, 0.3) is 0 Å². The van der Waals surface area contributed by atoms with Crippen molar-refractivity contribution in [3.8, 4) is 0 Å². The minimum Gasteiger partial charge on any atom is -0.366 e. The van der Waals surface area contributed by atoms with E-state index in [0.29, 0.717) is 11.5 Å². The van der Waals surface area contributed by atoms with Crippen molar-refractivity contribution in [3.05, 3.63) is 29.8 Å². The molecule has 1 aromatic carbocycles. The van der Waals surface area contributed by atoms with Crippen LogP contribution >= 0.6 is 0 Å². The van der Waals surface area contributed by atoms with E-state index in [1.54, 1.807) is 0 Å². The van der Waals surface area contributed by atoms with Gasteiger partial charge in [0.2, 0.25) is 15.9 Å². The first kappa shape index (κ1) is 16.5. The zero-order valence-corrected chi connectivity index (χ0v) is 14.0. The van der Waals surface area contributed by atoms with E-state index in [4.69, 9.17) is 5.73 Å². The summed E-state index contributed by atoms with van der Waals surface area (Å²) in [5, 5.41) is 0. The van der Waals surface area contributed by atoms with Gasteiger partial charge in [-0.15, -0.1) is 0 Å². The van der Waals surface area contributed by atoms with E-state index in [2.05, 4.69) is 4.72 Å². The maximum Gasteiger partial charge on any atom is 0.248 e. The summed E-state index contributed by atoms with van der Waals surface area (Å²) in [5.41, 5.74) is 5.49. The molecule has 1 amide bonds. The molecule has 0 saturated heterocycles. The second-order valence-electron chi connectivity index (χ2n) is 6.82. The fraction of sp³-hybridized carbons (Fsp3) is 0.588. The zero-order valence-electron chi connectivity index (χ0n) is 13.2. The standard InChI is InChI=1S/C17H24N2O3S/c18-17(20)13-6-9-16(10-7-13)23(21,22)19-15-8-5-12-3-1-2-4-14(12)11-15/h6-7,9-10,12,14-15,19H,1-5,8,11H2,(H2,18,20)/t12-,14+,15+/m0/s1. The van der Waals surface area contributed by atoms with Gasteiger partial charge in [-0.1, -0.05) is 25.7 Å². The zero-order chi connectivity index (χ0) is 16.4. The number of primary amides is 1. The Hall–Kier alpha value is -1.40. The molecule has 0 aromatic heterocycles. The van der Waals surface area contributed by atoms with Crippen LogP contribution in [0.5, 0.6) is 0 Å². The SMILES string of the molecule is NC(=O)c1ccc(S(=O)(=O)N[C@@H]2CC[C@@H]3CCCC[C@@H]3C2)cc1. The van der Waals surface area contributed by atoms with Gasteiger partial charge in [0.05, 0.1) is 4.90 Å². The number of fused-ring (bicyclic) bond motifs is 1. The predicted octanol–water partition coefficient (Wildman–Crippen LogP) is 2.42. The molecular formula is C17H24N2O3S. The molecular weight excluding hydrogens is 312 g/mol.